The number of benzene rings is 1. The van der Waals surface area contributed by atoms with E-state index in [-0.39, 0.29) is 11.7 Å². The number of hydrogen-bond donors (Lipinski definition) is 0. The van der Waals surface area contributed by atoms with E-state index in [1.54, 1.807) is 0 Å². The predicted octanol–water partition coefficient (Wildman–Crippen LogP) is 3.94. The van der Waals surface area contributed by atoms with Gasteiger partial charge in [0.05, 0.1) is 0 Å². The molecule has 2 aliphatic heterocycles. The van der Waals surface area contributed by atoms with Gasteiger partial charge in [0.25, 0.3) is 0 Å². The van der Waals surface area contributed by atoms with E-state index in [1.165, 1.54) is 12.8 Å². The zero-order valence-electron chi connectivity index (χ0n) is 10.5. The molecule has 2 saturated heterocycles. The van der Waals surface area contributed by atoms with Gasteiger partial charge < -0.3 is 0 Å². The monoisotopic (exact) mass is 258 g/mol. The molecule has 3 rings (SSSR count). The van der Waals surface area contributed by atoms with Gasteiger partial charge in [-0.1, -0.05) is 36.9 Å². The van der Waals surface area contributed by atoms with E-state index in [4.69, 9.17) is 0 Å². The minimum absolute atomic E-state index is 0.219. The predicted molar refractivity (Wildman–Crippen MR) is 77.6 cm³/mol. The highest BCUT2D eigenvalue weighted by Gasteiger charge is 2.38. The highest BCUT2D eigenvalue weighted by molar-refractivity contribution is 8.00. The number of Topliss-reactive ketones (excluding diaryl/α,β-unsaturated/α-hetero) is 1. The zero-order valence-corrected chi connectivity index (χ0v) is 11.3. The van der Waals surface area contributed by atoms with Crippen molar-refractivity contribution in [3.63, 3.8) is 0 Å². The van der Waals surface area contributed by atoms with Crippen LogP contribution in [0.25, 0.3) is 5.57 Å². The summed E-state index contributed by atoms with van der Waals surface area (Å²) in [6, 6.07) is 9.86. The van der Waals surface area contributed by atoms with Crippen LogP contribution in [0, 0.1) is 5.92 Å². The van der Waals surface area contributed by atoms with Gasteiger partial charge in [-0.25, -0.2) is 0 Å². The summed E-state index contributed by atoms with van der Waals surface area (Å²) in [5, 5.41) is 1.45. The number of carbonyl (C=O) groups excluding carboxylic acids is 1. The number of thioether (sulfide) groups is 1. The summed E-state index contributed by atoms with van der Waals surface area (Å²) in [7, 11) is 0. The van der Waals surface area contributed by atoms with E-state index >= 15 is 0 Å². The third kappa shape index (κ3) is 2.26. The van der Waals surface area contributed by atoms with Crippen LogP contribution in [0.2, 0.25) is 0 Å². The van der Waals surface area contributed by atoms with E-state index in [0.29, 0.717) is 5.57 Å². The van der Waals surface area contributed by atoms with Crippen molar-refractivity contribution in [1.82, 2.24) is 0 Å². The van der Waals surface area contributed by atoms with Crippen LogP contribution < -0.4 is 0 Å². The average Bonchev–Trinajstić information content (AvgIpc) is 2.77. The molecular weight excluding hydrogens is 240 g/mol. The van der Waals surface area contributed by atoms with E-state index in [1.807, 2.05) is 30.3 Å². The van der Waals surface area contributed by atoms with Crippen molar-refractivity contribution >= 4 is 23.1 Å². The Morgan fingerprint density at radius 2 is 1.72 bits per heavy atom. The van der Waals surface area contributed by atoms with Crippen LogP contribution in [0.5, 0.6) is 0 Å². The topological polar surface area (TPSA) is 17.1 Å². The summed E-state index contributed by atoms with van der Waals surface area (Å²) in [6.07, 6.45) is 4.73. The van der Waals surface area contributed by atoms with Crippen LogP contribution in [0.15, 0.2) is 36.9 Å². The molecule has 1 aromatic carbocycles. The number of fused-ring (bicyclic) bond motifs is 2. The number of rotatable bonds is 3. The molecule has 2 bridgehead atoms. The number of allylic oxidation sites excluding steroid dienone is 1. The van der Waals surface area contributed by atoms with E-state index in [0.717, 1.165) is 28.9 Å². The molecule has 0 amide bonds. The lowest BCUT2D eigenvalue weighted by Gasteiger charge is -2.26. The first-order chi connectivity index (χ1) is 8.74. The second-order valence-corrected chi connectivity index (χ2v) is 6.94. The Bertz CT molecular complexity index is 453. The molecule has 2 heteroatoms. The molecule has 0 saturated carbocycles. The molecule has 1 nitrogen and oxygen atoms in total. The lowest BCUT2D eigenvalue weighted by atomic mass is 9.88. The number of hydrogen-bond acceptors (Lipinski definition) is 2. The van der Waals surface area contributed by atoms with Crippen LogP contribution in [0.4, 0.5) is 0 Å². The van der Waals surface area contributed by atoms with Crippen LogP contribution in [-0.2, 0) is 4.79 Å². The van der Waals surface area contributed by atoms with Gasteiger partial charge >= 0.3 is 0 Å². The van der Waals surface area contributed by atoms with Gasteiger partial charge in [-0.15, -0.1) is 0 Å². The van der Waals surface area contributed by atoms with Crippen molar-refractivity contribution < 1.29 is 4.79 Å². The highest BCUT2D eigenvalue weighted by Crippen LogP contribution is 2.46. The molecule has 2 atom stereocenters. The second-order valence-electron chi connectivity index (χ2n) is 5.33. The largest absolute Gasteiger partial charge is 0.294 e. The average molecular weight is 258 g/mol. The minimum Gasteiger partial charge on any atom is -0.294 e. The molecule has 0 N–H and O–H groups in total. The van der Waals surface area contributed by atoms with Crippen LogP contribution >= 0.6 is 11.8 Å². The standard InChI is InChI=1S/C16H18OS/c1-11(12-5-3-2-4-6-12)16(17)13-9-14-7-8-15(10-13)18-14/h2-6,13-15H,1,7-10H2. The molecule has 0 radical (unpaired) electrons. The van der Waals surface area contributed by atoms with Crippen molar-refractivity contribution in [2.75, 3.05) is 0 Å². The minimum atomic E-state index is 0.219. The molecular formula is C16H18OS. The molecule has 0 aliphatic carbocycles. The van der Waals surface area contributed by atoms with Gasteiger partial charge in [0, 0.05) is 22.0 Å². The first-order valence-electron chi connectivity index (χ1n) is 6.68. The van der Waals surface area contributed by atoms with Gasteiger partial charge in [-0.2, -0.15) is 11.8 Å². The summed E-state index contributed by atoms with van der Waals surface area (Å²) in [6.45, 7) is 4.01. The first-order valence-corrected chi connectivity index (χ1v) is 7.62. The Labute approximate surface area is 113 Å². The summed E-state index contributed by atoms with van der Waals surface area (Å²) >= 11 is 2.10. The SMILES string of the molecule is C=C(C(=O)C1CC2CCC(C1)S2)c1ccccc1. The fraction of sp³-hybridized carbons (Fsp3) is 0.438. The third-order valence-electron chi connectivity index (χ3n) is 4.08. The number of ketones is 1. The Balaban J connectivity index is 1.73. The normalized spacial score (nSPS) is 30.1. The molecule has 2 aliphatic rings. The zero-order chi connectivity index (χ0) is 12.5. The summed E-state index contributed by atoms with van der Waals surface area (Å²) < 4.78 is 0. The van der Waals surface area contributed by atoms with Crippen molar-refractivity contribution in [3.05, 3.63) is 42.5 Å². The fourth-order valence-electron chi connectivity index (χ4n) is 3.10. The van der Waals surface area contributed by atoms with Crippen molar-refractivity contribution in [2.45, 2.75) is 36.2 Å². The molecule has 2 heterocycles. The molecule has 18 heavy (non-hydrogen) atoms. The maximum atomic E-state index is 12.5. The van der Waals surface area contributed by atoms with Crippen molar-refractivity contribution in [1.29, 1.82) is 0 Å². The van der Waals surface area contributed by atoms with Crippen LogP contribution in [-0.4, -0.2) is 16.3 Å². The lowest BCUT2D eigenvalue weighted by Crippen LogP contribution is -2.25. The maximum absolute atomic E-state index is 12.5. The molecule has 1 aromatic rings. The smallest absolute Gasteiger partial charge is 0.166 e. The third-order valence-corrected chi connectivity index (χ3v) is 5.71. The first kappa shape index (κ1) is 12.0. The Kier molecular flexibility index (Phi) is 3.29. The Morgan fingerprint density at radius 3 is 2.33 bits per heavy atom. The van der Waals surface area contributed by atoms with E-state index < -0.39 is 0 Å². The molecule has 2 unspecified atom stereocenters. The van der Waals surface area contributed by atoms with Crippen molar-refractivity contribution in [2.24, 2.45) is 5.92 Å². The lowest BCUT2D eigenvalue weighted by molar-refractivity contribution is -0.117. The van der Waals surface area contributed by atoms with Crippen LogP contribution in [0.3, 0.4) is 0 Å². The quantitative estimate of drug-likeness (QED) is 0.764. The second kappa shape index (κ2) is 4.93. The molecule has 0 aromatic heterocycles. The summed E-state index contributed by atoms with van der Waals surface area (Å²) in [4.78, 5) is 12.5. The summed E-state index contributed by atoms with van der Waals surface area (Å²) in [5.74, 6) is 0.495. The van der Waals surface area contributed by atoms with Gasteiger partial charge in [0.15, 0.2) is 5.78 Å². The van der Waals surface area contributed by atoms with Crippen molar-refractivity contribution in [3.8, 4) is 0 Å². The van der Waals surface area contributed by atoms with Crippen LogP contribution in [0.1, 0.15) is 31.2 Å². The van der Waals surface area contributed by atoms with Gasteiger partial charge in [-0.05, 0) is 31.2 Å². The Hall–Kier alpha value is -1.02. The van der Waals surface area contributed by atoms with E-state index in [9.17, 15) is 4.79 Å². The maximum Gasteiger partial charge on any atom is 0.166 e. The van der Waals surface area contributed by atoms with Gasteiger partial charge in [-0.3, -0.25) is 4.79 Å². The molecule has 2 fully saturated rings. The molecule has 94 valence electrons. The molecule has 0 spiro atoms. The number of carbonyl (C=O) groups is 1. The highest BCUT2D eigenvalue weighted by atomic mass is 32.2. The summed E-state index contributed by atoms with van der Waals surface area (Å²) in [5.41, 5.74) is 1.68. The fourth-order valence-corrected chi connectivity index (χ4v) is 4.88. The van der Waals surface area contributed by atoms with E-state index in [2.05, 4.69) is 18.3 Å². The van der Waals surface area contributed by atoms with Gasteiger partial charge in [0.2, 0.25) is 0 Å². The Morgan fingerprint density at radius 1 is 1.11 bits per heavy atom. The van der Waals surface area contributed by atoms with Gasteiger partial charge in [0.1, 0.15) is 0 Å².